The molecule has 2 heterocycles. The number of hydrogen-bond donors (Lipinski definition) is 1. The molecule has 0 aliphatic heterocycles. The lowest BCUT2D eigenvalue weighted by atomic mass is 9.95. The molecule has 1 N–H and O–H groups in total. The highest BCUT2D eigenvalue weighted by Crippen LogP contribution is 2.32. The van der Waals surface area contributed by atoms with Crippen molar-refractivity contribution in [2.75, 3.05) is 5.32 Å². The van der Waals surface area contributed by atoms with Crippen molar-refractivity contribution in [3.05, 3.63) is 75.2 Å². The van der Waals surface area contributed by atoms with Gasteiger partial charge < -0.3 is 5.32 Å². The molecule has 5 nitrogen and oxygen atoms in total. The lowest BCUT2D eigenvalue weighted by Gasteiger charge is -2.14. The van der Waals surface area contributed by atoms with Gasteiger partial charge in [-0.1, -0.05) is 25.1 Å². The number of thiazole rings is 2. The second-order valence-electron chi connectivity index (χ2n) is 7.54. The van der Waals surface area contributed by atoms with Gasteiger partial charge in [-0.15, -0.1) is 22.7 Å². The van der Waals surface area contributed by atoms with Crippen LogP contribution in [0.2, 0.25) is 0 Å². The van der Waals surface area contributed by atoms with E-state index < -0.39 is 11.7 Å². The molecule has 1 unspecified atom stereocenters. The minimum Gasteiger partial charge on any atom is -0.326 e. The number of rotatable bonds is 7. The van der Waals surface area contributed by atoms with Gasteiger partial charge >= 0.3 is 6.18 Å². The highest BCUT2D eigenvalue weighted by atomic mass is 32.1. The Kier molecular flexibility index (Phi) is 6.57. The molecule has 0 saturated heterocycles. The number of carbonyl (C=O) groups is 2. The zero-order valence-electron chi connectivity index (χ0n) is 17.3. The van der Waals surface area contributed by atoms with Crippen LogP contribution in [-0.2, 0) is 17.4 Å². The number of carbonyl (C=O) groups excluding carboxylic acids is 2. The van der Waals surface area contributed by atoms with Crippen molar-refractivity contribution >= 4 is 50.3 Å². The van der Waals surface area contributed by atoms with E-state index in [0.29, 0.717) is 22.0 Å². The van der Waals surface area contributed by atoms with Crippen LogP contribution in [0.3, 0.4) is 0 Å². The predicted molar refractivity (Wildman–Crippen MR) is 123 cm³/mol. The molecule has 0 radical (unpaired) electrons. The molecule has 10 heteroatoms. The maximum Gasteiger partial charge on any atom is 0.416 e. The summed E-state index contributed by atoms with van der Waals surface area (Å²) < 4.78 is 39.7. The topological polar surface area (TPSA) is 72.0 Å². The average molecular weight is 490 g/mol. The van der Waals surface area contributed by atoms with E-state index in [1.807, 2.05) is 0 Å². The van der Waals surface area contributed by atoms with Crippen molar-refractivity contribution < 1.29 is 22.8 Å². The fourth-order valence-corrected chi connectivity index (χ4v) is 4.90. The van der Waals surface area contributed by atoms with E-state index in [4.69, 9.17) is 0 Å². The highest BCUT2D eigenvalue weighted by molar-refractivity contribution is 7.18. The number of aromatic nitrogens is 2. The van der Waals surface area contributed by atoms with Crippen LogP contribution in [0.25, 0.3) is 10.2 Å². The smallest absolute Gasteiger partial charge is 0.326 e. The maximum absolute atomic E-state index is 12.9. The first-order valence-corrected chi connectivity index (χ1v) is 11.7. The molecule has 2 aromatic carbocycles. The quantitative estimate of drug-likeness (QED) is 0.308. The number of ketones is 1. The summed E-state index contributed by atoms with van der Waals surface area (Å²) in [5, 5.41) is 5.15. The Balaban J connectivity index is 1.41. The number of nitrogens with one attached hydrogen (secondary N) is 1. The Morgan fingerprint density at radius 3 is 2.70 bits per heavy atom. The van der Waals surface area contributed by atoms with E-state index in [2.05, 4.69) is 15.3 Å². The number of amides is 1. The lowest BCUT2D eigenvalue weighted by molar-refractivity contribution is -0.137. The molecule has 0 aliphatic carbocycles. The van der Waals surface area contributed by atoms with Gasteiger partial charge in [-0.25, -0.2) is 9.97 Å². The second-order valence-corrected chi connectivity index (χ2v) is 9.37. The van der Waals surface area contributed by atoms with E-state index >= 15 is 0 Å². The SMILES string of the molecule is CC(CC(=O)Nc1ccc2nc(CC(=O)c3cscn3)sc2c1)c1cccc(C(F)(F)F)c1. The third-order valence-electron chi connectivity index (χ3n) is 5.02. The summed E-state index contributed by atoms with van der Waals surface area (Å²) in [7, 11) is 0. The number of Topliss-reactive ketones (excluding diaryl/α,β-unsaturated/α-hetero) is 1. The minimum atomic E-state index is -4.42. The van der Waals surface area contributed by atoms with Crippen LogP contribution < -0.4 is 5.32 Å². The fraction of sp³-hybridized carbons (Fsp3) is 0.217. The third kappa shape index (κ3) is 5.63. The molecule has 4 aromatic rings. The van der Waals surface area contributed by atoms with Gasteiger partial charge in [0.2, 0.25) is 5.91 Å². The van der Waals surface area contributed by atoms with E-state index in [0.717, 1.165) is 22.3 Å². The van der Waals surface area contributed by atoms with Crippen LogP contribution in [0.15, 0.2) is 53.4 Å². The summed E-state index contributed by atoms with van der Waals surface area (Å²) in [6, 6.07) is 10.3. The molecule has 0 spiro atoms. The summed E-state index contributed by atoms with van der Waals surface area (Å²) in [6.07, 6.45) is -4.24. The molecule has 1 amide bonds. The van der Waals surface area contributed by atoms with Crippen molar-refractivity contribution in [3.8, 4) is 0 Å². The van der Waals surface area contributed by atoms with Crippen molar-refractivity contribution in [2.24, 2.45) is 0 Å². The highest BCUT2D eigenvalue weighted by Gasteiger charge is 2.30. The van der Waals surface area contributed by atoms with Crippen molar-refractivity contribution in [1.82, 2.24) is 9.97 Å². The number of anilines is 1. The van der Waals surface area contributed by atoms with Crippen molar-refractivity contribution in [2.45, 2.75) is 31.9 Å². The minimum absolute atomic E-state index is 0.0371. The number of halogens is 3. The van der Waals surface area contributed by atoms with Crippen LogP contribution in [0, 0.1) is 0 Å². The van der Waals surface area contributed by atoms with Gasteiger partial charge in [0.1, 0.15) is 10.7 Å². The van der Waals surface area contributed by atoms with E-state index in [9.17, 15) is 22.8 Å². The summed E-state index contributed by atoms with van der Waals surface area (Å²) in [6.45, 7) is 1.72. The maximum atomic E-state index is 12.9. The first kappa shape index (κ1) is 23.1. The Labute approximate surface area is 195 Å². The average Bonchev–Trinajstić information content (AvgIpc) is 3.42. The Bertz CT molecular complexity index is 1300. The molecule has 0 bridgehead atoms. The van der Waals surface area contributed by atoms with E-state index in [1.165, 1.54) is 28.7 Å². The Morgan fingerprint density at radius 1 is 1.15 bits per heavy atom. The number of fused-ring (bicyclic) bond motifs is 1. The van der Waals surface area contributed by atoms with Gasteiger partial charge in [0.05, 0.1) is 27.7 Å². The van der Waals surface area contributed by atoms with Crippen LogP contribution >= 0.6 is 22.7 Å². The van der Waals surface area contributed by atoms with Crippen LogP contribution in [-0.4, -0.2) is 21.7 Å². The summed E-state index contributed by atoms with van der Waals surface area (Å²) in [4.78, 5) is 33.2. The van der Waals surface area contributed by atoms with Gasteiger partial charge in [0, 0.05) is 17.5 Å². The molecular formula is C23H18F3N3O2S2. The van der Waals surface area contributed by atoms with Gasteiger partial charge in [-0.2, -0.15) is 13.2 Å². The lowest BCUT2D eigenvalue weighted by Crippen LogP contribution is -2.15. The predicted octanol–water partition coefficient (Wildman–Crippen LogP) is 6.33. The number of benzene rings is 2. The normalized spacial score (nSPS) is 12.6. The van der Waals surface area contributed by atoms with E-state index in [-0.39, 0.29) is 30.4 Å². The number of alkyl halides is 3. The van der Waals surface area contributed by atoms with Gasteiger partial charge in [-0.3, -0.25) is 9.59 Å². The molecule has 0 fully saturated rings. The Hall–Kier alpha value is -3.11. The number of nitrogens with zero attached hydrogens (tertiary/aromatic N) is 2. The van der Waals surface area contributed by atoms with Crippen LogP contribution in [0.5, 0.6) is 0 Å². The zero-order chi connectivity index (χ0) is 23.6. The van der Waals surface area contributed by atoms with Crippen molar-refractivity contribution in [3.63, 3.8) is 0 Å². The first-order valence-electron chi connectivity index (χ1n) is 9.97. The third-order valence-corrected chi connectivity index (χ3v) is 6.63. The molecule has 33 heavy (non-hydrogen) atoms. The molecule has 1 atom stereocenters. The largest absolute Gasteiger partial charge is 0.416 e. The summed E-state index contributed by atoms with van der Waals surface area (Å²) in [5.41, 5.74) is 3.02. The van der Waals surface area contributed by atoms with Crippen molar-refractivity contribution in [1.29, 1.82) is 0 Å². The standard InChI is InChI=1S/C23H18F3N3O2S2/c1-13(14-3-2-4-15(8-14)23(24,25)26)7-21(31)28-16-5-6-17-20(9-16)33-22(29-17)10-19(30)18-11-32-12-27-18/h2-6,8-9,11-13H,7,10H2,1H3,(H,28,31). The molecule has 4 rings (SSSR count). The number of hydrogen-bond acceptors (Lipinski definition) is 6. The Morgan fingerprint density at radius 2 is 1.97 bits per heavy atom. The molecular weight excluding hydrogens is 471 g/mol. The van der Waals surface area contributed by atoms with Gasteiger partial charge in [0.25, 0.3) is 0 Å². The monoisotopic (exact) mass is 489 g/mol. The van der Waals surface area contributed by atoms with E-state index in [1.54, 1.807) is 42.1 Å². The summed E-state index contributed by atoms with van der Waals surface area (Å²) >= 11 is 2.72. The second kappa shape index (κ2) is 9.40. The molecule has 170 valence electrons. The van der Waals surface area contributed by atoms with Gasteiger partial charge in [0.15, 0.2) is 5.78 Å². The van der Waals surface area contributed by atoms with Crippen LogP contribution in [0.4, 0.5) is 18.9 Å². The zero-order valence-corrected chi connectivity index (χ0v) is 19.0. The fourth-order valence-electron chi connectivity index (χ4n) is 3.33. The molecule has 0 aliphatic rings. The van der Waals surface area contributed by atoms with Crippen LogP contribution in [0.1, 0.15) is 45.9 Å². The first-order chi connectivity index (χ1) is 15.7. The van der Waals surface area contributed by atoms with Gasteiger partial charge in [-0.05, 0) is 35.7 Å². The molecule has 0 saturated carbocycles. The summed E-state index contributed by atoms with van der Waals surface area (Å²) in [5.74, 6) is -0.794. The molecule has 2 aromatic heterocycles.